The summed E-state index contributed by atoms with van der Waals surface area (Å²) < 4.78 is 1.92. The Morgan fingerprint density at radius 2 is 2.00 bits per heavy atom. The molecular weight excluding hydrogens is 452 g/mol. The Balaban J connectivity index is 1.36. The van der Waals surface area contributed by atoms with Crippen molar-refractivity contribution in [2.24, 2.45) is 7.05 Å². The molecule has 0 saturated heterocycles. The molecule has 0 unspecified atom stereocenters. The lowest BCUT2D eigenvalue weighted by Crippen LogP contribution is -2.33. The summed E-state index contributed by atoms with van der Waals surface area (Å²) in [5.41, 5.74) is 4.96. The number of halogens is 1. The first kappa shape index (κ1) is 22.7. The molecule has 2 aliphatic heterocycles. The van der Waals surface area contributed by atoms with Crippen LogP contribution in [0, 0.1) is 0 Å². The predicted molar refractivity (Wildman–Crippen MR) is 136 cm³/mol. The van der Waals surface area contributed by atoms with E-state index in [1.807, 2.05) is 37.8 Å². The Morgan fingerprint density at radius 3 is 2.79 bits per heavy atom. The second kappa shape index (κ2) is 8.63. The first-order chi connectivity index (χ1) is 16.2. The minimum Gasteiger partial charge on any atom is -0.390 e. The number of rotatable bonds is 6. The Morgan fingerprint density at radius 1 is 1.18 bits per heavy atom. The second-order valence-corrected chi connectivity index (χ2v) is 10.2. The van der Waals surface area contributed by atoms with Gasteiger partial charge in [0.15, 0.2) is 5.82 Å². The quantitative estimate of drug-likeness (QED) is 0.551. The van der Waals surface area contributed by atoms with Crippen LogP contribution in [0.25, 0.3) is 0 Å². The first-order valence-electron chi connectivity index (χ1n) is 11.5. The molecule has 2 aliphatic rings. The topological polar surface area (TPSA) is 85.6 Å². The zero-order valence-corrected chi connectivity index (χ0v) is 20.8. The van der Waals surface area contributed by atoms with E-state index in [4.69, 9.17) is 16.6 Å². The molecule has 0 bridgehead atoms. The largest absolute Gasteiger partial charge is 0.390 e. The number of hydrogen-bond donors (Lipinski definition) is 2. The van der Waals surface area contributed by atoms with Crippen molar-refractivity contribution in [2.45, 2.75) is 38.8 Å². The number of nitrogens with zero attached hydrogens (tertiary/aromatic N) is 7. The third-order valence-electron chi connectivity index (χ3n) is 6.52. The van der Waals surface area contributed by atoms with Crippen LogP contribution in [0.4, 0.5) is 28.8 Å². The molecule has 0 atom stereocenters. The van der Waals surface area contributed by atoms with Crippen LogP contribution in [0.2, 0.25) is 5.02 Å². The van der Waals surface area contributed by atoms with Gasteiger partial charge in [-0.25, -0.2) is 4.98 Å². The smallest absolute Gasteiger partial charge is 0.227 e. The van der Waals surface area contributed by atoms with Crippen LogP contribution in [0.5, 0.6) is 0 Å². The highest BCUT2D eigenvalue weighted by Crippen LogP contribution is 2.38. The van der Waals surface area contributed by atoms with Crippen LogP contribution in [-0.2, 0) is 20.0 Å². The monoisotopic (exact) mass is 482 g/mol. The number of benzene rings is 1. The van der Waals surface area contributed by atoms with E-state index < -0.39 is 5.60 Å². The number of anilines is 5. The van der Waals surface area contributed by atoms with Crippen molar-refractivity contribution >= 4 is 40.4 Å². The van der Waals surface area contributed by atoms with Crippen molar-refractivity contribution < 1.29 is 5.11 Å². The van der Waals surface area contributed by atoms with Crippen LogP contribution in [0.3, 0.4) is 0 Å². The van der Waals surface area contributed by atoms with Gasteiger partial charge in [-0.1, -0.05) is 11.6 Å². The molecule has 34 heavy (non-hydrogen) atoms. The molecule has 5 rings (SSSR count). The molecule has 4 heterocycles. The fraction of sp³-hybridized carbons (Fsp3) is 0.458. The zero-order valence-electron chi connectivity index (χ0n) is 20.1. The van der Waals surface area contributed by atoms with Crippen molar-refractivity contribution in [3.8, 4) is 0 Å². The molecule has 0 spiro atoms. The predicted octanol–water partition coefficient (Wildman–Crippen LogP) is 3.54. The van der Waals surface area contributed by atoms with E-state index in [1.54, 1.807) is 6.20 Å². The first-order valence-corrected chi connectivity index (χ1v) is 11.9. The SMILES string of the molecule is CN1CN(CCC(C)(C)O)c2cc(Nc3nc(N4CCc5cnn(C)c5C4)ncc3Cl)ccc21. The summed E-state index contributed by atoms with van der Waals surface area (Å²) in [5, 5.41) is 18.4. The average Bonchev–Trinajstić information content (AvgIpc) is 3.32. The summed E-state index contributed by atoms with van der Waals surface area (Å²) in [7, 11) is 4.05. The van der Waals surface area contributed by atoms with Gasteiger partial charge in [0.1, 0.15) is 5.02 Å². The minimum absolute atomic E-state index is 0.471. The highest BCUT2D eigenvalue weighted by Gasteiger charge is 2.26. The van der Waals surface area contributed by atoms with Gasteiger partial charge in [-0.2, -0.15) is 10.1 Å². The summed E-state index contributed by atoms with van der Waals surface area (Å²) in [6.07, 6.45) is 5.20. The van der Waals surface area contributed by atoms with Gasteiger partial charge in [0.25, 0.3) is 0 Å². The van der Waals surface area contributed by atoms with E-state index >= 15 is 0 Å². The standard InChI is InChI=1S/C24H31ClN8O/c1-24(2,34)8-10-33-15-30(3)19-6-5-17(11-20(19)33)28-22-18(25)13-26-23(29-22)32-9-7-16-12-27-31(4)21(16)14-32/h5-6,11-13,34H,7-10,14-15H2,1-4H3,(H,26,28,29). The maximum absolute atomic E-state index is 10.2. The number of fused-ring (bicyclic) bond motifs is 2. The van der Waals surface area contributed by atoms with Crippen molar-refractivity contribution in [1.82, 2.24) is 19.7 Å². The van der Waals surface area contributed by atoms with E-state index in [0.29, 0.717) is 29.8 Å². The Hall–Kier alpha value is -3.04. The molecule has 2 aromatic heterocycles. The summed E-state index contributed by atoms with van der Waals surface area (Å²) >= 11 is 6.48. The maximum atomic E-state index is 10.2. The summed E-state index contributed by atoms with van der Waals surface area (Å²) in [4.78, 5) is 15.9. The van der Waals surface area contributed by atoms with Gasteiger partial charge in [-0.3, -0.25) is 4.68 Å². The third-order valence-corrected chi connectivity index (χ3v) is 6.80. The molecule has 0 fully saturated rings. The molecule has 0 radical (unpaired) electrons. The van der Waals surface area contributed by atoms with Gasteiger partial charge in [0.2, 0.25) is 5.95 Å². The normalized spacial score (nSPS) is 15.5. The number of aryl methyl sites for hydroxylation is 1. The molecule has 0 amide bonds. The van der Waals surface area contributed by atoms with E-state index in [9.17, 15) is 5.11 Å². The van der Waals surface area contributed by atoms with E-state index in [0.717, 1.165) is 43.2 Å². The summed E-state index contributed by atoms with van der Waals surface area (Å²) in [5.74, 6) is 1.23. The lowest BCUT2D eigenvalue weighted by Gasteiger charge is -2.27. The molecule has 2 N–H and O–H groups in total. The molecule has 1 aromatic carbocycles. The molecule has 0 aliphatic carbocycles. The van der Waals surface area contributed by atoms with Crippen LogP contribution in [-0.4, -0.2) is 57.3 Å². The summed E-state index contributed by atoms with van der Waals surface area (Å²) in [6, 6.07) is 6.26. The Labute approximate surface area is 205 Å². The van der Waals surface area contributed by atoms with Crippen LogP contribution in [0.1, 0.15) is 31.5 Å². The Bertz CT molecular complexity index is 1200. The second-order valence-electron chi connectivity index (χ2n) is 9.77. The third kappa shape index (κ3) is 4.50. The van der Waals surface area contributed by atoms with Gasteiger partial charge in [-0.15, -0.1) is 0 Å². The van der Waals surface area contributed by atoms with Gasteiger partial charge >= 0.3 is 0 Å². The van der Waals surface area contributed by atoms with Crippen molar-refractivity contribution in [3.63, 3.8) is 0 Å². The lowest BCUT2D eigenvalue weighted by atomic mass is 10.1. The number of aromatic nitrogens is 4. The van der Waals surface area contributed by atoms with Gasteiger partial charge < -0.3 is 25.1 Å². The number of hydrogen-bond acceptors (Lipinski definition) is 8. The number of nitrogens with one attached hydrogen (secondary N) is 1. The molecule has 0 saturated carbocycles. The molecule has 10 heteroatoms. The maximum Gasteiger partial charge on any atom is 0.227 e. The fourth-order valence-corrected chi connectivity index (χ4v) is 4.67. The molecular formula is C24H31ClN8O. The van der Waals surface area contributed by atoms with E-state index in [1.165, 1.54) is 11.3 Å². The molecule has 9 nitrogen and oxygen atoms in total. The van der Waals surface area contributed by atoms with Gasteiger partial charge in [0.05, 0.1) is 48.3 Å². The zero-order chi connectivity index (χ0) is 24.0. The fourth-order valence-electron chi connectivity index (χ4n) is 4.53. The molecule has 180 valence electrons. The van der Waals surface area contributed by atoms with Crippen LogP contribution < -0.4 is 20.0 Å². The molecule has 3 aromatic rings. The number of aliphatic hydroxyl groups is 1. The highest BCUT2D eigenvalue weighted by atomic mass is 35.5. The van der Waals surface area contributed by atoms with E-state index in [-0.39, 0.29) is 0 Å². The average molecular weight is 483 g/mol. The summed E-state index contributed by atoms with van der Waals surface area (Å²) in [6.45, 7) is 6.80. The van der Waals surface area contributed by atoms with Crippen molar-refractivity contribution in [3.05, 3.63) is 46.9 Å². The van der Waals surface area contributed by atoms with Crippen molar-refractivity contribution in [1.29, 1.82) is 0 Å². The van der Waals surface area contributed by atoms with Crippen LogP contribution >= 0.6 is 11.6 Å². The highest BCUT2D eigenvalue weighted by molar-refractivity contribution is 6.32. The van der Waals surface area contributed by atoms with Gasteiger partial charge in [0, 0.05) is 32.9 Å². The van der Waals surface area contributed by atoms with Crippen LogP contribution in [0.15, 0.2) is 30.6 Å². The Kier molecular flexibility index (Phi) is 5.77. The van der Waals surface area contributed by atoms with Crippen molar-refractivity contribution in [2.75, 3.05) is 46.8 Å². The van der Waals surface area contributed by atoms with E-state index in [2.05, 4.69) is 49.3 Å². The lowest BCUT2D eigenvalue weighted by molar-refractivity contribution is 0.0732. The van der Waals surface area contributed by atoms with Gasteiger partial charge in [-0.05, 0) is 50.5 Å². The minimum atomic E-state index is -0.702.